The maximum atomic E-state index is 6.09. The van der Waals surface area contributed by atoms with E-state index >= 15 is 0 Å². The summed E-state index contributed by atoms with van der Waals surface area (Å²) in [7, 11) is 0. The molecule has 0 radical (unpaired) electrons. The highest BCUT2D eigenvalue weighted by Crippen LogP contribution is 2.23. The van der Waals surface area contributed by atoms with E-state index in [2.05, 4.69) is 49.8 Å². The quantitative estimate of drug-likeness (QED) is 0.854. The third-order valence-corrected chi connectivity index (χ3v) is 3.93. The molecule has 0 fully saturated rings. The van der Waals surface area contributed by atoms with Gasteiger partial charge in [0.15, 0.2) is 0 Å². The summed E-state index contributed by atoms with van der Waals surface area (Å²) in [6.45, 7) is 10.1. The average Bonchev–Trinajstić information content (AvgIpc) is 2.71. The van der Waals surface area contributed by atoms with Crippen molar-refractivity contribution in [2.45, 2.75) is 46.2 Å². The van der Waals surface area contributed by atoms with Crippen molar-refractivity contribution in [3.8, 4) is 0 Å². The first kappa shape index (κ1) is 14.4. The average molecular weight is 279 g/mol. The van der Waals surface area contributed by atoms with Crippen LogP contribution in [0.5, 0.6) is 0 Å². The molecule has 104 valence electrons. The van der Waals surface area contributed by atoms with Crippen LogP contribution in [0.25, 0.3) is 10.9 Å². The van der Waals surface area contributed by atoms with Crippen LogP contribution in [0.2, 0.25) is 5.02 Å². The van der Waals surface area contributed by atoms with Crippen molar-refractivity contribution < 1.29 is 0 Å². The summed E-state index contributed by atoms with van der Waals surface area (Å²) in [5.74, 6) is 0. The number of nitrogens with zero attached hydrogens (tertiary/aromatic N) is 1. The SMILES string of the molecule is CC(C)N(CCc1c[nH]c2ccc(Cl)cc12)C(C)C. The van der Waals surface area contributed by atoms with Gasteiger partial charge in [-0.1, -0.05) is 11.6 Å². The molecule has 1 aromatic carbocycles. The number of aromatic amines is 1. The Kier molecular flexibility index (Phi) is 4.54. The van der Waals surface area contributed by atoms with Crippen molar-refractivity contribution in [3.63, 3.8) is 0 Å². The minimum Gasteiger partial charge on any atom is -0.361 e. The second kappa shape index (κ2) is 5.98. The Balaban J connectivity index is 2.15. The summed E-state index contributed by atoms with van der Waals surface area (Å²) in [5.41, 5.74) is 2.52. The third-order valence-electron chi connectivity index (χ3n) is 3.70. The summed E-state index contributed by atoms with van der Waals surface area (Å²) >= 11 is 6.09. The van der Waals surface area contributed by atoms with Gasteiger partial charge in [0.2, 0.25) is 0 Å². The smallest absolute Gasteiger partial charge is 0.0457 e. The van der Waals surface area contributed by atoms with Crippen molar-refractivity contribution in [2.24, 2.45) is 0 Å². The number of rotatable bonds is 5. The summed E-state index contributed by atoms with van der Waals surface area (Å²) in [6.07, 6.45) is 3.16. The minimum atomic E-state index is 0.578. The zero-order chi connectivity index (χ0) is 14.0. The number of benzene rings is 1. The Morgan fingerprint density at radius 2 is 1.84 bits per heavy atom. The number of H-pyrrole nitrogens is 1. The van der Waals surface area contributed by atoms with Gasteiger partial charge >= 0.3 is 0 Å². The second-order valence-corrected chi connectivity index (χ2v) is 6.12. The van der Waals surface area contributed by atoms with Gasteiger partial charge in [-0.2, -0.15) is 0 Å². The Morgan fingerprint density at radius 3 is 2.47 bits per heavy atom. The highest BCUT2D eigenvalue weighted by molar-refractivity contribution is 6.31. The lowest BCUT2D eigenvalue weighted by atomic mass is 10.1. The van der Waals surface area contributed by atoms with Crippen LogP contribution < -0.4 is 0 Å². The van der Waals surface area contributed by atoms with Crippen molar-refractivity contribution in [2.75, 3.05) is 6.54 Å². The molecule has 2 rings (SSSR count). The van der Waals surface area contributed by atoms with Crippen LogP contribution >= 0.6 is 11.6 Å². The zero-order valence-corrected chi connectivity index (χ0v) is 13.0. The molecule has 0 saturated heterocycles. The molecule has 0 saturated carbocycles. The molecule has 0 unspecified atom stereocenters. The van der Waals surface area contributed by atoms with Gasteiger partial charge in [-0.05, 0) is 57.9 Å². The van der Waals surface area contributed by atoms with Crippen LogP contribution in [0.3, 0.4) is 0 Å². The third kappa shape index (κ3) is 3.31. The first-order chi connectivity index (χ1) is 8.99. The fourth-order valence-electron chi connectivity index (χ4n) is 2.72. The van der Waals surface area contributed by atoms with E-state index in [0.717, 1.165) is 18.0 Å². The Labute approximate surface area is 120 Å². The minimum absolute atomic E-state index is 0.578. The molecule has 0 spiro atoms. The predicted molar refractivity (Wildman–Crippen MR) is 84.0 cm³/mol. The highest BCUT2D eigenvalue weighted by atomic mass is 35.5. The molecule has 0 aliphatic heterocycles. The first-order valence-electron chi connectivity index (χ1n) is 7.00. The summed E-state index contributed by atoms with van der Waals surface area (Å²) in [5, 5.41) is 2.05. The molecule has 1 N–H and O–H groups in total. The number of halogens is 1. The number of hydrogen-bond acceptors (Lipinski definition) is 1. The first-order valence-corrected chi connectivity index (χ1v) is 7.38. The maximum absolute atomic E-state index is 6.09. The van der Waals surface area contributed by atoms with Crippen LogP contribution in [0, 0.1) is 0 Å². The van der Waals surface area contributed by atoms with Gasteiger partial charge in [0.05, 0.1) is 0 Å². The molecular formula is C16H23ClN2. The lowest BCUT2D eigenvalue weighted by Crippen LogP contribution is -2.38. The Bertz CT molecular complexity index is 535. The van der Waals surface area contributed by atoms with E-state index in [1.54, 1.807) is 0 Å². The van der Waals surface area contributed by atoms with Gasteiger partial charge in [0.1, 0.15) is 0 Å². The maximum Gasteiger partial charge on any atom is 0.0457 e. The monoisotopic (exact) mass is 278 g/mol. The topological polar surface area (TPSA) is 19.0 Å². The lowest BCUT2D eigenvalue weighted by molar-refractivity contribution is 0.177. The second-order valence-electron chi connectivity index (χ2n) is 5.68. The van der Waals surface area contributed by atoms with Crippen molar-refractivity contribution >= 4 is 22.5 Å². The normalized spacial score (nSPS) is 12.2. The molecule has 3 heteroatoms. The van der Waals surface area contributed by atoms with Gasteiger partial charge in [0.25, 0.3) is 0 Å². The van der Waals surface area contributed by atoms with Gasteiger partial charge in [-0.25, -0.2) is 0 Å². The van der Waals surface area contributed by atoms with Crippen LogP contribution in [0.1, 0.15) is 33.3 Å². The van der Waals surface area contributed by atoms with E-state index in [0.29, 0.717) is 12.1 Å². The number of fused-ring (bicyclic) bond motifs is 1. The van der Waals surface area contributed by atoms with Gasteiger partial charge in [-0.3, -0.25) is 4.90 Å². The van der Waals surface area contributed by atoms with Crippen LogP contribution in [0.4, 0.5) is 0 Å². The molecule has 0 aliphatic rings. The highest BCUT2D eigenvalue weighted by Gasteiger charge is 2.14. The zero-order valence-electron chi connectivity index (χ0n) is 12.2. The Morgan fingerprint density at radius 1 is 1.16 bits per heavy atom. The summed E-state index contributed by atoms with van der Waals surface area (Å²) < 4.78 is 0. The van der Waals surface area contributed by atoms with Crippen LogP contribution in [0.15, 0.2) is 24.4 Å². The molecule has 0 amide bonds. The van der Waals surface area contributed by atoms with Gasteiger partial charge in [-0.15, -0.1) is 0 Å². The van der Waals surface area contributed by atoms with E-state index in [-0.39, 0.29) is 0 Å². The number of hydrogen-bond donors (Lipinski definition) is 1. The standard InChI is InChI=1S/C16H23ClN2/c1-11(2)19(12(3)4)8-7-13-10-18-16-6-5-14(17)9-15(13)16/h5-6,9-12,18H,7-8H2,1-4H3. The number of aromatic nitrogens is 1. The molecule has 0 aliphatic carbocycles. The van der Waals surface area contributed by atoms with Crippen molar-refractivity contribution in [1.29, 1.82) is 0 Å². The van der Waals surface area contributed by atoms with Crippen molar-refractivity contribution in [1.82, 2.24) is 9.88 Å². The van der Waals surface area contributed by atoms with Gasteiger partial charge in [0, 0.05) is 40.8 Å². The summed E-state index contributed by atoms with van der Waals surface area (Å²) in [6, 6.07) is 7.18. The van der Waals surface area contributed by atoms with E-state index in [1.165, 1.54) is 16.5 Å². The predicted octanol–water partition coefficient (Wildman–Crippen LogP) is 4.48. The molecular weight excluding hydrogens is 256 g/mol. The molecule has 0 atom stereocenters. The van der Waals surface area contributed by atoms with Crippen molar-refractivity contribution in [3.05, 3.63) is 35.0 Å². The molecule has 1 heterocycles. The molecule has 2 aromatic rings. The molecule has 0 bridgehead atoms. The Hall–Kier alpha value is -0.990. The van der Waals surface area contributed by atoms with Crippen LogP contribution in [-0.2, 0) is 6.42 Å². The lowest BCUT2D eigenvalue weighted by Gasteiger charge is -2.30. The van der Waals surface area contributed by atoms with E-state index in [4.69, 9.17) is 11.6 Å². The molecule has 19 heavy (non-hydrogen) atoms. The molecule has 1 aromatic heterocycles. The van der Waals surface area contributed by atoms with E-state index in [1.807, 2.05) is 12.1 Å². The largest absolute Gasteiger partial charge is 0.361 e. The fraction of sp³-hybridized carbons (Fsp3) is 0.500. The number of nitrogens with one attached hydrogen (secondary N) is 1. The fourth-order valence-corrected chi connectivity index (χ4v) is 2.89. The van der Waals surface area contributed by atoms with E-state index in [9.17, 15) is 0 Å². The van der Waals surface area contributed by atoms with Crippen LogP contribution in [-0.4, -0.2) is 28.5 Å². The summed E-state index contributed by atoms with van der Waals surface area (Å²) in [4.78, 5) is 5.84. The molecule has 2 nitrogen and oxygen atoms in total. The van der Waals surface area contributed by atoms with Gasteiger partial charge < -0.3 is 4.98 Å². The van der Waals surface area contributed by atoms with E-state index < -0.39 is 0 Å².